The summed E-state index contributed by atoms with van der Waals surface area (Å²) in [5.41, 5.74) is -0.223. The molecule has 7 rings (SSSR count). The molecule has 1 atom stereocenters. The van der Waals surface area contributed by atoms with Crippen molar-refractivity contribution in [3.63, 3.8) is 0 Å². The Labute approximate surface area is 279 Å². The molecular formula is C37H40F2N6O3. The normalized spacial score (nSPS) is 19.1. The highest BCUT2D eigenvalue weighted by Crippen LogP contribution is 2.40. The molecule has 4 aromatic rings. The molecule has 250 valence electrons. The van der Waals surface area contributed by atoms with Crippen molar-refractivity contribution in [1.82, 2.24) is 24.8 Å². The van der Waals surface area contributed by atoms with E-state index in [9.17, 15) is 9.18 Å². The van der Waals surface area contributed by atoms with Crippen LogP contribution >= 0.6 is 0 Å². The number of carbonyl (C=O) groups excluding carboxylic acids is 1. The van der Waals surface area contributed by atoms with E-state index in [2.05, 4.69) is 20.8 Å². The molecule has 9 nitrogen and oxygen atoms in total. The number of halogens is 2. The molecule has 0 radical (unpaired) electrons. The summed E-state index contributed by atoms with van der Waals surface area (Å²) in [4.78, 5) is 33.0. The SMILES string of the molecule is C#Cc1c(F)ccc2cccc(-c3ncc4c(N(C)[C@@H]5CCN(C(=O)OC(C)(C)C)C5)nc(OCC56CCCN5CCC6)nc4c3F)c12. The Morgan fingerprint density at radius 3 is 2.62 bits per heavy atom. The molecule has 3 fully saturated rings. The van der Waals surface area contributed by atoms with Gasteiger partial charge in [0.2, 0.25) is 0 Å². The van der Waals surface area contributed by atoms with Crippen molar-refractivity contribution in [2.24, 2.45) is 0 Å². The minimum Gasteiger partial charge on any atom is -0.461 e. The molecule has 5 heterocycles. The number of nitrogens with zero attached hydrogens (tertiary/aromatic N) is 6. The Morgan fingerprint density at radius 1 is 1.12 bits per heavy atom. The number of amides is 1. The van der Waals surface area contributed by atoms with Crippen molar-refractivity contribution < 1.29 is 23.0 Å². The summed E-state index contributed by atoms with van der Waals surface area (Å²) in [7, 11) is 1.88. The highest BCUT2D eigenvalue weighted by Gasteiger charge is 2.45. The van der Waals surface area contributed by atoms with Gasteiger partial charge < -0.3 is 19.3 Å². The van der Waals surface area contributed by atoms with Crippen LogP contribution in [-0.4, -0.2) is 87.9 Å². The molecule has 11 heteroatoms. The first kappa shape index (κ1) is 32.0. The molecule has 2 aromatic carbocycles. The number of benzene rings is 2. The predicted molar refractivity (Wildman–Crippen MR) is 181 cm³/mol. The summed E-state index contributed by atoms with van der Waals surface area (Å²) < 4.78 is 43.7. The summed E-state index contributed by atoms with van der Waals surface area (Å²) in [6.07, 6.45) is 11.9. The lowest BCUT2D eigenvalue weighted by molar-refractivity contribution is 0.0292. The van der Waals surface area contributed by atoms with Gasteiger partial charge in [0, 0.05) is 43.3 Å². The maximum Gasteiger partial charge on any atom is 0.410 e. The summed E-state index contributed by atoms with van der Waals surface area (Å²) in [5.74, 6) is 1.64. The molecule has 3 aliphatic heterocycles. The van der Waals surface area contributed by atoms with Crippen LogP contribution in [-0.2, 0) is 4.74 Å². The number of hydrogen-bond acceptors (Lipinski definition) is 8. The molecule has 0 aliphatic carbocycles. The van der Waals surface area contributed by atoms with E-state index in [1.165, 1.54) is 6.07 Å². The molecule has 0 saturated carbocycles. The van der Waals surface area contributed by atoms with Gasteiger partial charge in [-0.05, 0) is 77.4 Å². The fraction of sp³-hybridized carbons (Fsp3) is 0.459. The van der Waals surface area contributed by atoms with Crippen LogP contribution in [0.4, 0.5) is 19.4 Å². The lowest BCUT2D eigenvalue weighted by Gasteiger charge is -2.31. The van der Waals surface area contributed by atoms with Crippen molar-refractivity contribution in [2.75, 3.05) is 44.7 Å². The lowest BCUT2D eigenvalue weighted by Crippen LogP contribution is -2.43. The summed E-state index contributed by atoms with van der Waals surface area (Å²) in [5, 5.41) is 1.47. The van der Waals surface area contributed by atoms with Crippen LogP contribution in [0.1, 0.15) is 58.4 Å². The monoisotopic (exact) mass is 654 g/mol. The smallest absolute Gasteiger partial charge is 0.410 e. The predicted octanol–water partition coefficient (Wildman–Crippen LogP) is 6.56. The fourth-order valence-electron chi connectivity index (χ4n) is 7.62. The Bertz CT molecular complexity index is 1940. The summed E-state index contributed by atoms with van der Waals surface area (Å²) in [6, 6.07) is 8.13. The molecular weight excluding hydrogens is 614 g/mol. The van der Waals surface area contributed by atoms with Crippen molar-refractivity contribution in [1.29, 1.82) is 0 Å². The van der Waals surface area contributed by atoms with Gasteiger partial charge in [-0.3, -0.25) is 9.88 Å². The van der Waals surface area contributed by atoms with Crippen LogP contribution in [0.25, 0.3) is 32.9 Å². The van der Waals surface area contributed by atoms with Gasteiger partial charge in [-0.15, -0.1) is 6.42 Å². The van der Waals surface area contributed by atoms with E-state index < -0.39 is 17.2 Å². The van der Waals surface area contributed by atoms with Gasteiger partial charge >= 0.3 is 12.1 Å². The molecule has 2 aromatic heterocycles. The van der Waals surface area contributed by atoms with Gasteiger partial charge in [0.1, 0.15) is 35.1 Å². The van der Waals surface area contributed by atoms with Gasteiger partial charge in [0.25, 0.3) is 0 Å². The Kier molecular flexibility index (Phi) is 8.10. The molecule has 48 heavy (non-hydrogen) atoms. The third-order valence-corrected chi connectivity index (χ3v) is 10.0. The van der Waals surface area contributed by atoms with Crippen LogP contribution in [0.15, 0.2) is 36.5 Å². The van der Waals surface area contributed by atoms with Crippen LogP contribution < -0.4 is 9.64 Å². The quantitative estimate of drug-likeness (QED) is 0.216. The fourth-order valence-corrected chi connectivity index (χ4v) is 7.62. The highest BCUT2D eigenvalue weighted by molar-refractivity contribution is 6.02. The van der Waals surface area contributed by atoms with Gasteiger partial charge in [0.15, 0.2) is 5.82 Å². The second kappa shape index (κ2) is 12.2. The number of rotatable bonds is 6. The molecule has 3 saturated heterocycles. The number of anilines is 1. The summed E-state index contributed by atoms with van der Waals surface area (Å²) >= 11 is 0. The zero-order valence-corrected chi connectivity index (χ0v) is 27.9. The van der Waals surface area contributed by atoms with Crippen molar-refractivity contribution in [3.8, 4) is 29.6 Å². The van der Waals surface area contributed by atoms with Gasteiger partial charge in [-0.2, -0.15) is 9.97 Å². The number of ether oxygens (including phenoxy) is 2. The first-order valence-electron chi connectivity index (χ1n) is 16.6. The zero-order chi connectivity index (χ0) is 33.8. The molecule has 1 amide bonds. The largest absolute Gasteiger partial charge is 0.461 e. The number of hydrogen-bond donors (Lipinski definition) is 0. The third-order valence-electron chi connectivity index (χ3n) is 10.0. The minimum absolute atomic E-state index is 0.00164. The van der Waals surface area contributed by atoms with Gasteiger partial charge in [0.05, 0.1) is 16.5 Å². The topological polar surface area (TPSA) is 83.9 Å². The Hall–Kier alpha value is -4.56. The van der Waals surface area contributed by atoms with E-state index >= 15 is 4.39 Å². The van der Waals surface area contributed by atoms with E-state index in [1.807, 2.05) is 32.7 Å². The van der Waals surface area contributed by atoms with Crippen molar-refractivity contribution in [2.45, 2.75) is 70.1 Å². The van der Waals surface area contributed by atoms with E-state index in [0.717, 1.165) is 38.8 Å². The average Bonchev–Trinajstić information content (AvgIpc) is 3.79. The zero-order valence-electron chi connectivity index (χ0n) is 27.9. The number of pyridine rings is 1. The highest BCUT2D eigenvalue weighted by atomic mass is 19.1. The molecule has 0 unspecified atom stereocenters. The average molecular weight is 655 g/mol. The number of likely N-dealkylation sites (tertiary alicyclic amines) is 1. The number of likely N-dealkylation sites (N-methyl/N-ethyl adjacent to an activating group) is 1. The van der Waals surface area contributed by atoms with E-state index in [1.54, 1.807) is 35.4 Å². The van der Waals surface area contributed by atoms with E-state index in [4.69, 9.17) is 20.9 Å². The minimum atomic E-state index is -0.683. The van der Waals surface area contributed by atoms with Crippen molar-refractivity contribution >= 4 is 33.6 Å². The summed E-state index contributed by atoms with van der Waals surface area (Å²) in [6.45, 7) is 8.94. The van der Waals surface area contributed by atoms with Gasteiger partial charge in [-0.25, -0.2) is 13.6 Å². The van der Waals surface area contributed by atoms with Gasteiger partial charge in [-0.1, -0.05) is 30.2 Å². The number of carbonyl (C=O) groups is 1. The van der Waals surface area contributed by atoms with E-state index in [0.29, 0.717) is 53.7 Å². The van der Waals surface area contributed by atoms with Crippen LogP contribution in [0, 0.1) is 24.0 Å². The third kappa shape index (κ3) is 5.66. The first-order valence-corrected chi connectivity index (χ1v) is 16.6. The number of terminal acetylenes is 1. The van der Waals surface area contributed by atoms with Crippen LogP contribution in [0.3, 0.4) is 0 Å². The van der Waals surface area contributed by atoms with Crippen LogP contribution in [0.2, 0.25) is 0 Å². The Balaban J connectivity index is 1.30. The molecule has 3 aliphatic rings. The standard InChI is InChI=1S/C37H40F2N6O3/c1-6-25-28(38)13-12-23-10-7-11-26(29(23)25)31-30(39)32-27(20-40-31)33(43(5)24-14-19-44(21-24)35(46)48-36(2,3)4)42-34(41-32)47-22-37-15-8-17-45(37)18-9-16-37/h1,7,10-13,20,24H,8-9,14-19,21-22H2,2-5H3/t24-/m1/s1. The van der Waals surface area contributed by atoms with E-state index in [-0.39, 0.29) is 40.5 Å². The molecule has 0 spiro atoms. The maximum absolute atomic E-state index is 16.8. The molecule has 0 N–H and O–H groups in total. The van der Waals surface area contributed by atoms with Crippen molar-refractivity contribution in [3.05, 3.63) is 53.7 Å². The number of aromatic nitrogens is 3. The molecule has 0 bridgehead atoms. The number of fused-ring (bicyclic) bond motifs is 3. The van der Waals surface area contributed by atoms with Crippen LogP contribution in [0.5, 0.6) is 6.01 Å². The Morgan fingerprint density at radius 2 is 1.90 bits per heavy atom. The second-order valence-electron chi connectivity index (χ2n) is 14.2. The second-order valence-corrected chi connectivity index (χ2v) is 14.2. The maximum atomic E-state index is 16.8. The lowest BCUT2D eigenvalue weighted by atomic mass is 9.95. The first-order chi connectivity index (χ1) is 23.0.